The first-order valence-electron chi connectivity index (χ1n) is 9.10. The molecule has 0 atom stereocenters. The van der Waals surface area contributed by atoms with Crippen molar-refractivity contribution in [3.8, 4) is 5.75 Å². The van der Waals surface area contributed by atoms with Crippen LogP contribution in [0.5, 0.6) is 5.75 Å². The summed E-state index contributed by atoms with van der Waals surface area (Å²) in [7, 11) is 1.63. The second-order valence-corrected chi connectivity index (χ2v) is 6.86. The number of amides is 2. The van der Waals surface area contributed by atoms with E-state index < -0.39 is 0 Å². The van der Waals surface area contributed by atoms with E-state index in [-0.39, 0.29) is 11.8 Å². The van der Waals surface area contributed by atoms with Gasteiger partial charge in [-0.15, -0.1) is 0 Å². The molecule has 2 heterocycles. The lowest BCUT2D eigenvalue weighted by atomic mass is 10.0. The number of aromatic nitrogens is 1. The van der Waals surface area contributed by atoms with Gasteiger partial charge in [-0.05, 0) is 31.5 Å². The maximum Gasteiger partial charge on any atom is 0.254 e. The zero-order valence-electron chi connectivity index (χ0n) is 16.1. The predicted molar refractivity (Wildman–Crippen MR) is 103 cm³/mol. The molecule has 0 spiro atoms. The van der Waals surface area contributed by atoms with Crippen molar-refractivity contribution in [2.75, 3.05) is 33.3 Å². The number of rotatable bonds is 4. The monoisotopic (exact) mass is 367 g/mol. The first kappa shape index (κ1) is 18.9. The Morgan fingerprint density at radius 3 is 2.30 bits per heavy atom. The molecule has 0 unspecified atom stereocenters. The molecule has 1 aromatic heterocycles. The summed E-state index contributed by atoms with van der Waals surface area (Å²) < 4.78 is 5.49. The van der Waals surface area contributed by atoms with Crippen LogP contribution in [0, 0.1) is 13.8 Å². The Balaban J connectivity index is 1.62. The molecule has 3 rings (SSSR count). The van der Waals surface area contributed by atoms with Crippen molar-refractivity contribution in [2.45, 2.75) is 20.3 Å². The van der Waals surface area contributed by atoms with Crippen LogP contribution < -0.4 is 4.74 Å². The van der Waals surface area contributed by atoms with Gasteiger partial charge in [0.05, 0.1) is 13.5 Å². The Bertz CT molecular complexity index is 828. The summed E-state index contributed by atoms with van der Waals surface area (Å²) in [6.07, 6.45) is 3.54. The highest BCUT2D eigenvalue weighted by Gasteiger charge is 2.25. The standard InChI is InChI=1S/C21H25N3O3/c1-15-12-16(2)20(27-3)18(13-15)14-19(25)23-8-10-24(11-9-23)21(26)17-4-6-22-7-5-17/h4-7,12-13H,8-11,14H2,1-3H3. The summed E-state index contributed by atoms with van der Waals surface area (Å²) in [4.78, 5) is 32.8. The zero-order chi connectivity index (χ0) is 19.4. The Morgan fingerprint density at radius 1 is 1.04 bits per heavy atom. The fourth-order valence-corrected chi connectivity index (χ4v) is 3.58. The molecule has 6 heteroatoms. The second-order valence-electron chi connectivity index (χ2n) is 6.86. The number of carbonyl (C=O) groups is 2. The largest absolute Gasteiger partial charge is 0.496 e. The predicted octanol–water partition coefficient (Wildman–Crippen LogP) is 2.23. The van der Waals surface area contributed by atoms with Crippen molar-refractivity contribution in [2.24, 2.45) is 0 Å². The summed E-state index contributed by atoms with van der Waals surface area (Å²) in [6, 6.07) is 7.49. The molecule has 1 aromatic carbocycles. The van der Waals surface area contributed by atoms with Crippen LogP contribution in [-0.4, -0.2) is 59.9 Å². The molecular weight excluding hydrogens is 342 g/mol. The average Bonchev–Trinajstić information content (AvgIpc) is 2.68. The van der Waals surface area contributed by atoms with E-state index in [9.17, 15) is 9.59 Å². The lowest BCUT2D eigenvalue weighted by Gasteiger charge is -2.35. The minimum absolute atomic E-state index is 0.0134. The van der Waals surface area contributed by atoms with Gasteiger partial charge in [-0.2, -0.15) is 0 Å². The molecule has 1 aliphatic rings. The van der Waals surface area contributed by atoms with E-state index in [0.717, 1.165) is 22.4 Å². The van der Waals surface area contributed by atoms with Crippen LogP contribution in [-0.2, 0) is 11.2 Å². The number of benzene rings is 1. The third kappa shape index (κ3) is 4.27. The molecule has 0 N–H and O–H groups in total. The number of hydrogen-bond donors (Lipinski definition) is 0. The minimum Gasteiger partial charge on any atom is -0.496 e. The van der Waals surface area contributed by atoms with Gasteiger partial charge < -0.3 is 14.5 Å². The van der Waals surface area contributed by atoms with E-state index in [1.54, 1.807) is 36.5 Å². The summed E-state index contributed by atoms with van der Waals surface area (Å²) in [6.45, 7) is 6.17. The smallest absolute Gasteiger partial charge is 0.254 e. The van der Waals surface area contributed by atoms with Crippen LogP contribution in [0.3, 0.4) is 0 Å². The fourth-order valence-electron chi connectivity index (χ4n) is 3.58. The molecule has 0 aliphatic carbocycles. The highest BCUT2D eigenvalue weighted by molar-refractivity contribution is 5.94. The van der Waals surface area contributed by atoms with Crippen LogP contribution in [0.2, 0.25) is 0 Å². The van der Waals surface area contributed by atoms with Crippen LogP contribution in [0.15, 0.2) is 36.7 Å². The van der Waals surface area contributed by atoms with Crippen molar-refractivity contribution in [3.05, 3.63) is 58.9 Å². The van der Waals surface area contributed by atoms with Crippen molar-refractivity contribution in [1.82, 2.24) is 14.8 Å². The number of pyridine rings is 1. The second kappa shape index (κ2) is 8.20. The lowest BCUT2D eigenvalue weighted by Crippen LogP contribution is -2.51. The SMILES string of the molecule is COc1c(C)cc(C)cc1CC(=O)N1CCN(C(=O)c2ccncc2)CC1. The van der Waals surface area contributed by atoms with Crippen LogP contribution >= 0.6 is 0 Å². The van der Waals surface area contributed by atoms with Gasteiger partial charge >= 0.3 is 0 Å². The van der Waals surface area contributed by atoms with Crippen molar-refractivity contribution in [1.29, 1.82) is 0 Å². The molecule has 2 aromatic rings. The summed E-state index contributed by atoms with van der Waals surface area (Å²) in [5.41, 5.74) is 3.69. The third-order valence-corrected chi connectivity index (χ3v) is 4.89. The zero-order valence-corrected chi connectivity index (χ0v) is 16.1. The Labute approximate surface area is 159 Å². The Hall–Kier alpha value is -2.89. The van der Waals surface area contributed by atoms with Gasteiger partial charge in [-0.1, -0.05) is 17.7 Å². The fraction of sp³-hybridized carbons (Fsp3) is 0.381. The van der Waals surface area contributed by atoms with Crippen LogP contribution in [0.25, 0.3) is 0 Å². The first-order valence-corrected chi connectivity index (χ1v) is 9.10. The van der Waals surface area contributed by atoms with Gasteiger partial charge in [0.2, 0.25) is 5.91 Å². The molecule has 2 amide bonds. The van der Waals surface area contributed by atoms with E-state index >= 15 is 0 Å². The topological polar surface area (TPSA) is 62.7 Å². The van der Waals surface area contributed by atoms with E-state index in [0.29, 0.717) is 38.2 Å². The van der Waals surface area contributed by atoms with E-state index in [4.69, 9.17) is 4.74 Å². The number of aryl methyl sites for hydroxylation is 2. The summed E-state index contributed by atoms with van der Waals surface area (Å²) in [5.74, 6) is 0.829. The highest BCUT2D eigenvalue weighted by atomic mass is 16.5. The van der Waals surface area contributed by atoms with Crippen molar-refractivity contribution >= 4 is 11.8 Å². The Kier molecular flexibility index (Phi) is 5.74. The number of carbonyl (C=O) groups excluding carboxylic acids is 2. The van der Waals surface area contributed by atoms with Crippen molar-refractivity contribution in [3.63, 3.8) is 0 Å². The lowest BCUT2D eigenvalue weighted by molar-refractivity contribution is -0.131. The van der Waals surface area contributed by atoms with E-state index in [1.165, 1.54) is 0 Å². The van der Waals surface area contributed by atoms with Gasteiger partial charge in [0.1, 0.15) is 5.75 Å². The quantitative estimate of drug-likeness (QED) is 0.831. The molecule has 0 bridgehead atoms. The van der Waals surface area contributed by atoms with Gasteiger partial charge in [0, 0.05) is 49.7 Å². The molecule has 142 valence electrons. The molecular formula is C21H25N3O3. The molecule has 6 nitrogen and oxygen atoms in total. The Morgan fingerprint density at radius 2 is 1.67 bits per heavy atom. The molecule has 27 heavy (non-hydrogen) atoms. The number of ether oxygens (including phenoxy) is 1. The maximum atomic E-state index is 12.8. The van der Waals surface area contributed by atoms with E-state index in [2.05, 4.69) is 11.1 Å². The van der Waals surface area contributed by atoms with Crippen LogP contribution in [0.4, 0.5) is 0 Å². The highest BCUT2D eigenvalue weighted by Crippen LogP contribution is 2.26. The van der Waals surface area contributed by atoms with Gasteiger partial charge in [0.25, 0.3) is 5.91 Å². The normalized spacial score (nSPS) is 14.2. The maximum absolute atomic E-state index is 12.8. The van der Waals surface area contributed by atoms with Gasteiger partial charge in [-0.3, -0.25) is 14.6 Å². The molecule has 0 radical (unpaired) electrons. The first-order chi connectivity index (χ1) is 13.0. The molecule has 1 aliphatic heterocycles. The molecule has 1 saturated heterocycles. The number of methoxy groups -OCH3 is 1. The molecule has 1 fully saturated rings. The third-order valence-electron chi connectivity index (χ3n) is 4.89. The minimum atomic E-state index is -0.0134. The number of hydrogen-bond acceptors (Lipinski definition) is 4. The summed E-state index contributed by atoms with van der Waals surface area (Å²) in [5, 5.41) is 0. The summed E-state index contributed by atoms with van der Waals surface area (Å²) >= 11 is 0. The van der Waals surface area contributed by atoms with Crippen molar-refractivity contribution < 1.29 is 14.3 Å². The number of piperazine rings is 1. The number of nitrogens with zero attached hydrogens (tertiary/aromatic N) is 3. The van der Waals surface area contributed by atoms with Gasteiger partial charge in [0.15, 0.2) is 0 Å². The van der Waals surface area contributed by atoms with Gasteiger partial charge in [-0.25, -0.2) is 0 Å². The van der Waals surface area contributed by atoms with E-state index in [1.807, 2.05) is 24.8 Å². The van der Waals surface area contributed by atoms with Crippen LogP contribution in [0.1, 0.15) is 27.0 Å². The molecule has 0 saturated carbocycles. The average molecular weight is 367 g/mol.